The van der Waals surface area contributed by atoms with Crippen molar-refractivity contribution in [3.05, 3.63) is 119 Å². The summed E-state index contributed by atoms with van der Waals surface area (Å²) in [5, 5.41) is 6.24. The van der Waals surface area contributed by atoms with Crippen LogP contribution in [0.3, 0.4) is 0 Å². The molecule has 1 saturated heterocycles. The number of nitrogens with zero attached hydrogens (tertiary/aromatic N) is 5. The number of likely N-dealkylation sites (N-methyl/N-ethyl adjacent to an activating group) is 1. The normalized spacial score (nSPS) is 13.4. The molecule has 2 aromatic heterocycles. The molecule has 10 heteroatoms. The summed E-state index contributed by atoms with van der Waals surface area (Å²) in [4.78, 5) is 31.2. The number of halogens is 1. The van der Waals surface area contributed by atoms with E-state index in [1.165, 1.54) is 5.69 Å². The van der Waals surface area contributed by atoms with E-state index in [-0.39, 0.29) is 6.03 Å². The fourth-order valence-electron chi connectivity index (χ4n) is 5.15. The Labute approximate surface area is 267 Å². The number of rotatable bonds is 8. The molecule has 0 saturated carbocycles. The van der Waals surface area contributed by atoms with Gasteiger partial charge in [0, 0.05) is 67.1 Å². The molecule has 2 N–H and O–H groups in total. The van der Waals surface area contributed by atoms with E-state index < -0.39 is 0 Å². The van der Waals surface area contributed by atoms with E-state index >= 15 is 0 Å². The van der Waals surface area contributed by atoms with Crippen LogP contribution in [-0.2, 0) is 6.42 Å². The number of carbonyl (C=O) groups excluding carboxylic acids is 1. The average Bonchev–Trinajstić information content (AvgIpc) is 3.05. The number of aryl methyl sites for hydroxylation is 1. The van der Waals surface area contributed by atoms with Crippen molar-refractivity contribution in [2.24, 2.45) is 0 Å². The number of hydrogen-bond donors (Lipinski definition) is 2. The molecule has 1 fully saturated rings. The Morgan fingerprint density at radius 2 is 1.60 bits per heavy atom. The van der Waals surface area contributed by atoms with Gasteiger partial charge < -0.3 is 25.2 Å². The third kappa shape index (κ3) is 7.75. The zero-order valence-electron chi connectivity index (χ0n) is 25.2. The van der Waals surface area contributed by atoms with Gasteiger partial charge in [0.05, 0.1) is 11.3 Å². The second-order valence-corrected chi connectivity index (χ2v) is 11.5. The predicted octanol–water partition coefficient (Wildman–Crippen LogP) is 7.28. The molecule has 1 aliphatic rings. The van der Waals surface area contributed by atoms with Crippen molar-refractivity contribution < 1.29 is 9.53 Å². The number of ether oxygens (including phenoxy) is 1. The lowest BCUT2D eigenvalue weighted by atomic mass is 10.1. The van der Waals surface area contributed by atoms with Crippen LogP contribution in [0.5, 0.6) is 11.6 Å². The van der Waals surface area contributed by atoms with Crippen molar-refractivity contribution in [1.29, 1.82) is 0 Å². The molecular weight excluding hydrogens is 586 g/mol. The molecule has 228 valence electrons. The molecule has 1 aliphatic heterocycles. The van der Waals surface area contributed by atoms with Gasteiger partial charge in [0.2, 0.25) is 5.88 Å². The fourth-order valence-corrected chi connectivity index (χ4v) is 5.27. The zero-order chi connectivity index (χ0) is 31.2. The molecule has 0 unspecified atom stereocenters. The molecule has 45 heavy (non-hydrogen) atoms. The number of nitrogens with one attached hydrogen (secondary N) is 2. The van der Waals surface area contributed by atoms with Crippen LogP contribution in [0.2, 0.25) is 5.02 Å². The van der Waals surface area contributed by atoms with Gasteiger partial charge in [-0.3, -0.25) is 0 Å². The lowest BCUT2D eigenvalue weighted by molar-refractivity contribution is 0.262. The highest BCUT2D eigenvalue weighted by atomic mass is 35.5. The van der Waals surface area contributed by atoms with E-state index in [4.69, 9.17) is 21.3 Å². The summed E-state index contributed by atoms with van der Waals surface area (Å²) >= 11 is 5.92. The number of pyridine rings is 1. The monoisotopic (exact) mass is 619 g/mol. The average molecular weight is 620 g/mol. The summed E-state index contributed by atoms with van der Waals surface area (Å²) in [5.74, 6) is 1.77. The summed E-state index contributed by atoms with van der Waals surface area (Å²) in [5.41, 5.74) is 5.99. The van der Waals surface area contributed by atoms with Crippen LogP contribution >= 0.6 is 11.6 Å². The summed E-state index contributed by atoms with van der Waals surface area (Å²) < 4.78 is 6.28. The van der Waals surface area contributed by atoms with Gasteiger partial charge in [-0.2, -0.15) is 0 Å². The van der Waals surface area contributed by atoms with E-state index in [2.05, 4.69) is 61.7 Å². The second kappa shape index (κ2) is 13.8. The van der Waals surface area contributed by atoms with Crippen molar-refractivity contribution in [2.75, 3.05) is 48.8 Å². The lowest BCUT2D eigenvalue weighted by Crippen LogP contribution is -2.44. The molecular formula is C35H34ClN7O2. The summed E-state index contributed by atoms with van der Waals surface area (Å²) in [6, 6.07) is 26.3. The summed E-state index contributed by atoms with van der Waals surface area (Å²) in [7, 11) is 2.17. The van der Waals surface area contributed by atoms with Crippen LogP contribution in [0, 0.1) is 6.92 Å². The number of aromatic nitrogens is 3. The Bertz CT molecular complexity index is 1770. The van der Waals surface area contributed by atoms with Crippen LogP contribution in [0.25, 0.3) is 11.3 Å². The first kappa shape index (κ1) is 30.1. The quantitative estimate of drug-likeness (QED) is 0.188. The van der Waals surface area contributed by atoms with Gasteiger partial charge in [-0.05, 0) is 97.9 Å². The smallest absolute Gasteiger partial charge is 0.323 e. The molecule has 9 nitrogen and oxygen atoms in total. The van der Waals surface area contributed by atoms with Gasteiger partial charge in [-0.15, -0.1) is 0 Å². The van der Waals surface area contributed by atoms with Gasteiger partial charge >= 0.3 is 6.03 Å². The van der Waals surface area contributed by atoms with Crippen molar-refractivity contribution in [3.8, 4) is 22.9 Å². The lowest BCUT2D eigenvalue weighted by Gasteiger charge is -2.34. The molecule has 0 aliphatic carbocycles. The molecule has 0 radical (unpaired) electrons. The minimum atomic E-state index is -0.358. The van der Waals surface area contributed by atoms with E-state index in [1.54, 1.807) is 42.7 Å². The first-order valence-electron chi connectivity index (χ1n) is 14.8. The molecule has 0 spiro atoms. The highest BCUT2D eigenvalue weighted by Gasteiger charge is 2.16. The van der Waals surface area contributed by atoms with Crippen molar-refractivity contribution in [1.82, 2.24) is 19.9 Å². The predicted molar refractivity (Wildman–Crippen MR) is 180 cm³/mol. The highest BCUT2D eigenvalue weighted by Crippen LogP contribution is 2.33. The SMILES string of the molecule is Cc1cc(NC(=O)Nc2ccc(Cl)cc2)ccc1Oc1ncccc1-c1ccnc(Cc2ccc(N3CCN(C)CC3)cc2)n1. The number of benzene rings is 3. The topological polar surface area (TPSA) is 95.5 Å². The van der Waals surface area contributed by atoms with E-state index in [1.807, 2.05) is 37.3 Å². The number of carbonyl (C=O) groups is 1. The van der Waals surface area contributed by atoms with Gasteiger partial charge in [-0.25, -0.2) is 19.7 Å². The Kier molecular flexibility index (Phi) is 9.19. The number of piperazine rings is 1. The minimum absolute atomic E-state index is 0.358. The number of hydrogen-bond acceptors (Lipinski definition) is 7. The Morgan fingerprint density at radius 3 is 2.36 bits per heavy atom. The van der Waals surface area contributed by atoms with E-state index in [0.717, 1.165) is 54.4 Å². The van der Waals surface area contributed by atoms with Crippen LogP contribution in [0.4, 0.5) is 21.9 Å². The van der Waals surface area contributed by atoms with Gasteiger partial charge in [0.25, 0.3) is 0 Å². The minimum Gasteiger partial charge on any atom is -0.438 e. The molecule has 6 rings (SSSR count). The van der Waals surface area contributed by atoms with Crippen LogP contribution in [0.15, 0.2) is 97.3 Å². The maximum atomic E-state index is 12.5. The van der Waals surface area contributed by atoms with Gasteiger partial charge in [0.15, 0.2) is 0 Å². The van der Waals surface area contributed by atoms with Crippen molar-refractivity contribution in [3.63, 3.8) is 0 Å². The Balaban J connectivity index is 1.12. The molecule has 2 amide bonds. The maximum Gasteiger partial charge on any atom is 0.323 e. The summed E-state index contributed by atoms with van der Waals surface area (Å²) in [6.45, 7) is 6.15. The first-order valence-corrected chi connectivity index (χ1v) is 15.2. The molecule has 3 heterocycles. The Hall–Kier alpha value is -4.99. The van der Waals surface area contributed by atoms with Crippen LogP contribution < -0.4 is 20.3 Å². The van der Waals surface area contributed by atoms with Crippen molar-refractivity contribution in [2.45, 2.75) is 13.3 Å². The number of urea groups is 1. The largest absolute Gasteiger partial charge is 0.438 e. The second-order valence-electron chi connectivity index (χ2n) is 11.0. The van der Waals surface area contributed by atoms with E-state index in [0.29, 0.717) is 34.4 Å². The first-order chi connectivity index (χ1) is 21.9. The number of amides is 2. The van der Waals surface area contributed by atoms with Crippen LogP contribution in [-0.4, -0.2) is 59.1 Å². The maximum absolute atomic E-state index is 12.5. The highest BCUT2D eigenvalue weighted by molar-refractivity contribution is 6.30. The van der Waals surface area contributed by atoms with Crippen LogP contribution in [0.1, 0.15) is 17.0 Å². The number of anilines is 3. The zero-order valence-corrected chi connectivity index (χ0v) is 26.0. The fraction of sp³-hybridized carbons (Fsp3) is 0.200. The third-order valence-corrected chi connectivity index (χ3v) is 7.91. The van der Waals surface area contributed by atoms with E-state index in [9.17, 15) is 4.79 Å². The third-order valence-electron chi connectivity index (χ3n) is 7.66. The molecule has 0 atom stereocenters. The molecule has 0 bridgehead atoms. The van der Waals surface area contributed by atoms with Gasteiger partial charge in [-0.1, -0.05) is 23.7 Å². The van der Waals surface area contributed by atoms with Crippen molar-refractivity contribution >= 4 is 34.7 Å². The standard InChI is InChI=1S/C35H34ClN7O2/c1-24-22-28(40-35(44)39-27-9-7-26(36)8-10-27)11-14-32(24)45-34-30(4-3-16-38-34)31-15-17-37-33(41-31)23-25-5-12-29(13-6-25)43-20-18-42(2)19-21-43/h3-17,22H,18-21,23H2,1-2H3,(H2,39,40,44). The summed E-state index contributed by atoms with van der Waals surface area (Å²) in [6.07, 6.45) is 4.08. The molecule has 3 aromatic carbocycles. The van der Waals surface area contributed by atoms with Gasteiger partial charge in [0.1, 0.15) is 11.6 Å². The Morgan fingerprint density at radius 1 is 0.867 bits per heavy atom. The molecule has 5 aromatic rings.